The lowest BCUT2D eigenvalue weighted by Crippen LogP contribution is -2.27. The molecule has 2 aromatic heterocycles. The van der Waals surface area contributed by atoms with Gasteiger partial charge in [-0.05, 0) is 43.3 Å². The smallest absolute Gasteiger partial charge is 0.295 e. The average molecular weight is 436 g/mol. The minimum Gasteiger partial charge on any atom is -0.316 e. The molecule has 8 nitrogen and oxygen atoms in total. The number of carbonyl (C=O) groups is 1. The van der Waals surface area contributed by atoms with Gasteiger partial charge in [0.1, 0.15) is 17.1 Å². The van der Waals surface area contributed by atoms with Gasteiger partial charge in [-0.2, -0.15) is 0 Å². The van der Waals surface area contributed by atoms with Gasteiger partial charge in [0.05, 0.1) is 11.4 Å². The Morgan fingerprint density at radius 1 is 1.06 bits per heavy atom. The highest BCUT2D eigenvalue weighted by atomic mass is 35.5. The third kappa shape index (κ3) is 3.80. The molecule has 2 heterocycles. The van der Waals surface area contributed by atoms with Crippen molar-refractivity contribution < 1.29 is 4.79 Å². The van der Waals surface area contributed by atoms with E-state index in [1.165, 1.54) is 10.9 Å². The first-order valence-corrected chi connectivity index (χ1v) is 9.75. The second kappa shape index (κ2) is 8.08. The number of halogens is 1. The maximum Gasteiger partial charge on any atom is 0.295 e. The standard InChI is InChI=1S/C22H18ClN5O3/c1-13-18(22(31)28(27(13)2)16-6-4-3-5-7-16)25-20(29)17-12-24-19(26-21(17)30)14-8-10-15(23)11-9-14/h3-12H,1-2H3,(H,25,29)(H,24,26,30). The summed E-state index contributed by atoms with van der Waals surface area (Å²) >= 11 is 5.88. The van der Waals surface area contributed by atoms with Crippen LogP contribution in [0.15, 0.2) is 70.4 Å². The molecule has 0 saturated carbocycles. The summed E-state index contributed by atoms with van der Waals surface area (Å²) in [5, 5.41) is 3.12. The number of aromatic nitrogens is 4. The van der Waals surface area contributed by atoms with Crippen molar-refractivity contribution in [3.8, 4) is 17.1 Å². The Kier molecular flexibility index (Phi) is 5.31. The summed E-state index contributed by atoms with van der Waals surface area (Å²) in [6.07, 6.45) is 1.19. The number of hydrogen-bond donors (Lipinski definition) is 2. The van der Waals surface area contributed by atoms with Crippen LogP contribution in [0.1, 0.15) is 16.1 Å². The van der Waals surface area contributed by atoms with E-state index in [9.17, 15) is 14.4 Å². The molecule has 156 valence electrons. The molecule has 0 fully saturated rings. The molecule has 0 unspecified atom stereocenters. The summed E-state index contributed by atoms with van der Waals surface area (Å²) in [7, 11) is 1.72. The molecular formula is C22H18ClN5O3. The van der Waals surface area contributed by atoms with Crippen LogP contribution < -0.4 is 16.4 Å². The number of amides is 1. The second-order valence-electron chi connectivity index (χ2n) is 6.87. The predicted octanol–water partition coefficient (Wildman–Crippen LogP) is 3.14. The van der Waals surface area contributed by atoms with Crippen molar-refractivity contribution in [1.29, 1.82) is 0 Å². The number of benzene rings is 2. The van der Waals surface area contributed by atoms with Crippen LogP contribution in [-0.2, 0) is 7.05 Å². The number of aromatic amines is 1. The van der Waals surface area contributed by atoms with E-state index in [2.05, 4.69) is 15.3 Å². The monoisotopic (exact) mass is 435 g/mol. The van der Waals surface area contributed by atoms with Crippen molar-refractivity contribution >= 4 is 23.2 Å². The Morgan fingerprint density at radius 2 is 1.74 bits per heavy atom. The molecule has 4 aromatic rings. The molecule has 0 aliphatic carbocycles. The van der Waals surface area contributed by atoms with Gasteiger partial charge in [-0.15, -0.1) is 0 Å². The van der Waals surface area contributed by atoms with Crippen LogP contribution in [0, 0.1) is 6.92 Å². The van der Waals surface area contributed by atoms with E-state index < -0.39 is 17.0 Å². The second-order valence-corrected chi connectivity index (χ2v) is 7.31. The highest BCUT2D eigenvalue weighted by Crippen LogP contribution is 2.17. The number of carbonyl (C=O) groups excluding carboxylic acids is 1. The van der Waals surface area contributed by atoms with Gasteiger partial charge in [0.15, 0.2) is 0 Å². The normalized spacial score (nSPS) is 10.8. The third-order valence-corrected chi connectivity index (χ3v) is 5.21. The van der Waals surface area contributed by atoms with Crippen molar-refractivity contribution in [3.63, 3.8) is 0 Å². The van der Waals surface area contributed by atoms with Crippen molar-refractivity contribution in [2.45, 2.75) is 6.92 Å². The first-order valence-electron chi connectivity index (χ1n) is 9.37. The molecule has 0 bridgehead atoms. The van der Waals surface area contributed by atoms with Gasteiger partial charge in [0.2, 0.25) is 0 Å². The molecule has 2 aromatic carbocycles. The molecule has 0 radical (unpaired) electrons. The van der Waals surface area contributed by atoms with Crippen LogP contribution in [0.5, 0.6) is 0 Å². The van der Waals surface area contributed by atoms with Crippen LogP contribution in [0.4, 0.5) is 5.69 Å². The van der Waals surface area contributed by atoms with E-state index >= 15 is 0 Å². The summed E-state index contributed by atoms with van der Waals surface area (Å²) in [5.74, 6) is -0.414. The van der Waals surface area contributed by atoms with E-state index in [1.807, 2.05) is 18.2 Å². The zero-order chi connectivity index (χ0) is 22.1. The number of anilines is 1. The molecule has 1 amide bonds. The van der Waals surface area contributed by atoms with E-state index in [0.29, 0.717) is 27.8 Å². The maximum absolute atomic E-state index is 12.9. The van der Waals surface area contributed by atoms with Crippen LogP contribution in [0.25, 0.3) is 17.1 Å². The quantitative estimate of drug-likeness (QED) is 0.514. The van der Waals surface area contributed by atoms with Gasteiger partial charge >= 0.3 is 0 Å². The Hall–Kier alpha value is -3.91. The fraction of sp³-hybridized carbons (Fsp3) is 0.0909. The Labute approximate surface area is 181 Å². The molecule has 2 N–H and O–H groups in total. The van der Waals surface area contributed by atoms with Crippen molar-refractivity contribution in [1.82, 2.24) is 19.3 Å². The van der Waals surface area contributed by atoms with Crippen LogP contribution in [0.2, 0.25) is 5.02 Å². The highest BCUT2D eigenvalue weighted by molar-refractivity contribution is 6.30. The van der Waals surface area contributed by atoms with Gasteiger partial charge in [-0.1, -0.05) is 29.8 Å². The molecular weight excluding hydrogens is 418 g/mol. The average Bonchev–Trinajstić information content (AvgIpc) is 2.98. The summed E-state index contributed by atoms with van der Waals surface area (Å²) in [4.78, 5) is 45.0. The zero-order valence-corrected chi connectivity index (χ0v) is 17.5. The Balaban J connectivity index is 1.66. The van der Waals surface area contributed by atoms with Gasteiger partial charge in [-0.25, -0.2) is 9.67 Å². The predicted molar refractivity (Wildman–Crippen MR) is 119 cm³/mol. The first-order chi connectivity index (χ1) is 14.9. The fourth-order valence-corrected chi connectivity index (χ4v) is 3.33. The topological polar surface area (TPSA) is 102 Å². The van der Waals surface area contributed by atoms with Gasteiger partial charge in [0, 0.05) is 23.8 Å². The molecule has 0 saturated heterocycles. The first kappa shape index (κ1) is 20.4. The van der Waals surface area contributed by atoms with Crippen LogP contribution >= 0.6 is 11.6 Å². The molecule has 0 aliphatic heterocycles. The molecule has 0 atom stereocenters. The molecule has 9 heteroatoms. The molecule has 4 rings (SSSR count). The number of H-pyrrole nitrogens is 1. The number of nitrogens with one attached hydrogen (secondary N) is 2. The van der Waals surface area contributed by atoms with Gasteiger partial charge in [-0.3, -0.25) is 19.1 Å². The SMILES string of the molecule is Cc1c(NC(=O)c2cnc(-c3ccc(Cl)cc3)[nH]c2=O)c(=O)n(-c2ccccc2)n1C. The van der Waals surface area contributed by atoms with Crippen molar-refractivity contribution in [3.05, 3.63) is 97.8 Å². The number of hydrogen-bond acceptors (Lipinski definition) is 4. The summed E-state index contributed by atoms with van der Waals surface area (Å²) in [5.41, 5.74) is 0.730. The van der Waals surface area contributed by atoms with Crippen LogP contribution in [0.3, 0.4) is 0 Å². The molecule has 31 heavy (non-hydrogen) atoms. The van der Waals surface area contributed by atoms with E-state index in [1.54, 1.807) is 55.1 Å². The molecule has 0 spiro atoms. The Morgan fingerprint density at radius 3 is 2.39 bits per heavy atom. The summed E-state index contributed by atoms with van der Waals surface area (Å²) < 4.78 is 3.08. The summed E-state index contributed by atoms with van der Waals surface area (Å²) in [6, 6.07) is 15.8. The minimum absolute atomic E-state index is 0.0949. The molecule has 0 aliphatic rings. The zero-order valence-electron chi connectivity index (χ0n) is 16.7. The Bertz CT molecular complexity index is 1390. The highest BCUT2D eigenvalue weighted by Gasteiger charge is 2.20. The largest absolute Gasteiger partial charge is 0.316 e. The maximum atomic E-state index is 12.9. The van der Waals surface area contributed by atoms with E-state index in [0.717, 1.165) is 0 Å². The van der Waals surface area contributed by atoms with Gasteiger partial charge < -0.3 is 10.3 Å². The lowest BCUT2D eigenvalue weighted by atomic mass is 10.2. The lowest BCUT2D eigenvalue weighted by molar-refractivity contribution is 0.102. The minimum atomic E-state index is -0.720. The fourth-order valence-electron chi connectivity index (χ4n) is 3.20. The summed E-state index contributed by atoms with van der Waals surface area (Å²) in [6.45, 7) is 1.71. The number of nitrogens with zero attached hydrogens (tertiary/aromatic N) is 3. The van der Waals surface area contributed by atoms with E-state index in [4.69, 9.17) is 11.6 Å². The number of para-hydroxylation sites is 1. The van der Waals surface area contributed by atoms with E-state index in [-0.39, 0.29) is 11.3 Å². The van der Waals surface area contributed by atoms with Crippen molar-refractivity contribution in [2.75, 3.05) is 5.32 Å². The lowest BCUT2D eigenvalue weighted by Gasteiger charge is -2.07. The van der Waals surface area contributed by atoms with Crippen molar-refractivity contribution in [2.24, 2.45) is 7.05 Å². The van der Waals surface area contributed by atoms with Gasteiger partial charge in [0.25, 0.3) is 17.0 Å². The number of rotatable bonds is 4. The van der Waals surface area contributed by atoms with Crippen LogP contribution in [-0.4, -0.2) is 25.2 Å². The third-order valence-electron chi connectivity index (χ3n) is 4.95.